The van der Waals surface area contributed by atoms with Gasteiger partial charge in [0.1, 0.15) is 11.3 Å². The fraction of sp³-hybridized carbons (Fsp3) is 0.240. The van der Waals surface area contributed by atoms with Gasteiger partial charge in [-0.05, 0) is 43.0 Å². The molecule has 0 radical (unpaired) electrons. The summed E-state index contributed by atoms with van der Waals surface area (Å²) < 4.78 is 2.20. The van der Waals surface area contributed by atoms with Gasteiger partial charge in [0.25, 0.3) is 0 Å². The average Bonchev–Trinajstić information content (AvgIpc) is 2.94. The van der Waals surface area contributed by atoms with Crippen LogP contribution < -0.4 is 0 Å². The van der Waals surface area contributed by atoms with E-state index >= 15 is 0 Å². The van der Waals surface area contributed by atoms with Crippen LogP contribution in [0.2, 0.25) is 5.02 Å². The SMILES string of the molecule is CCC1=CC=Cc2c(ccc3c2nc(CCc2cnc4cccc(Cl)c4n2)n3C)C1. The number of fused-ring (bicyclic) bond motifs is 4. The maximum absolute atomic E-state index is 6.30. The van der Waals surface area contributed by atoms with Gasteiger partial charge in [0, 0.05) is 25.2 Å². The summed E-state index contributed by atoms with van der Waals surface area (Å²) in [6.45, 7) is 2.21. The van der Waals surface area contributed by atoms with Gasteiger partial charge in [-0.3, -0.25) is 4.98 Å². The maximum Gasteiger partial charge on any atom is 0.110 e. The Hall–Kier alpha value is -2.98. The predicted octanol–water partition coefficient (Wildman–Crippen LogP) is 5.86. The van der Waals surface area contributed by atoms with Gasteiger partial charge in [0.2, 0.25) is 0 Å². The van der Waals surface area contributed by atoms with Crippen LogP contribution in [-0.2, 0) is 26.3 Å². The van der Waals surface area contributed by atoms with Crippen molar-refractivity contribution in [3.63, 3.8) is 0 Å². The number of aryl methyl sites for hydroxylation is 3. The smallest absolute Gasteiger partial charge is 0.110 e. The molecule has 5 heteroatoms. The molecule has 150 valence electrons. The normalized spacial score (nSPS) is 13.5. The molecule has 0 atom stereocenters. The van der Waals surface area contributed by atoms with Crippen LogP contribution in [0, 0.1) is 0 Å². The number of aromatic nitrogens is 4. The minimum atomic E-state index is 0.638. The minimum absolute atomic E-state index is 0.638. The fourth-order valence-electron chi connectivity index (χ4n) is 4.16. The Kier molecular flexibility index (Phi) is 4.87. The summed E-state index contributed by atoms with van der Waals surface area (Å²) in [5, 5.41) is 0.638. The van der Waals surface area contributed by atoms with Crippen molar-refractivity contribution in [1.82, 2.24) is 19.5 Å². The number of benzene rings is 2. The van der Waals surface area contributed by atoms with E-state index in [4.69, 9.17) is 21.6 Å². The number of rotatable bonds is 4. The lowest BCUT2D eigenvalue weighted by atomic mass is 9.99. The van der Waals surface area contributed by atoms with Crippen LogP contribution in [0.3, 0.4) is 0 Å². The molecule has 4 nitrogen and oxygen atoms in total. The van der Waals surface area contributed by atoms with Gasteiger partial charge < -0.3 is 4.57 Å². The molecule has 1 aliphatic rings. The van der Waals surface area contributed by atoms with Crippen LogP contribution in [0.4, 0.5) is 0 Å². The first-order valence-electron chi connectivity index (χ1n) is 10.4. The molecule has 0 unspecified atom stereocenters. The molecule has 5 rings (SSSR count). The monoisotopic (exact) mass is 414 g/mol. The van der Waals surface area contributed by atoms with E-state index in [0.29, 0.717) is 5.02 Å². The first-order valence-corrected chi connectivity index (χ1v) is 10.7. The van der Waals surface area contributed by atoms with Gasteiger partial charge in [-0.2, -0.15) is 0 Å². The number of hydrogen-bond donors (Lipinski definition) is 0. The highest BCUT2D eigenvalue weighted by molar-refractivity contribution is 6.34. The second-order valence-corrected chi connectivity index (χ2v) is 8.18. The average molecular weight is 415 g/mol. The molecule has 0 bridgehead atoms. The van der Waals surface area contributed by atoms with E-state index < -0.39 is 0 Å². The van der Waals surface area contributed by atoms with Crippen LogP contribution in [-0.4, -0.2) is 19.5 Å². The third-order valence-corrected chi connectivity index (χ3v) is 6.23. The van der Waals surface area contributed by atoms with Crippen molar-refractivity contribution in [2.45, 2.75) is 32.6 Å². The van der Waals surface area contributed by atoms with Gasteiger partial charge in [-0.1, -0.05) is 54.5 Å². The zero-order chi connectivity index (χ0) is 20.7. The first-order chi connectivity index (χ1) is 14.6. The quantitative estimate of drug-likeness (QED) is 0.420. The van der Waals surface area contributed by atoms with Gasteiger partial charge in [0.05, 0.1) is 27.3 Å². The highest BCUT2D eigenvalue weighted by Gasteiger charge is 2.15. The lowest BCUT2D eigenvalue weighted by molar-refractivity contribution is 0.775. The third-order valence-electron chi connectivity index (χ3n) is 5.92. The van der Waals surface area contributed by atoms with Crippen LogP contribution in [0.1, 0.15) is 36.0 Å². The van der Waals surface area contributed by atoms with Gasteiger partial charge in [-0.15, -0.1) is 0 Å². The van der Waals surface area contributed by atoms with Gasteiger partial charge >= 0.3 is 0 Å². The Morgan fingerprint density at radius 3 is 2.83 bits per heavy atom. The van der Waals surface area contributed by atoms with Crippen LogP contribution in [0.5, 0.6) is 0 Å². The van der Waals surface area contributed by atoms with Crippen LogP contribution >= 0.6 is 11.6 Å². The van der Waals surface area contributed by atoms with Gasteiger partial charge in [0.15, 0.2) is 0 Å². The molecule has 2 heterocycles. The summed E-state index contributed by atoms with van der Waals surface area (Å²) in [5.41, 5.74) is 8.81. The molecule has 0 N–H and O–H groups in total. The molecule has 4 aromatic rings. The Balaban J connectivity index is 1.46. The maximum atomic E-state index is 6.30. The van der Waals surface area contributed by atoms with Crippen LogP contribution in [0.15, 0.2) is 54.3 Å². The highest BCUT2D eigenvalue weighted by atomic mass is 35.5. The zero-order valence-corrected chi connectivity index (χ0v) is 17.9. The number of para-hydroxylation sites is 1. The summed E-state index contributed by atoms with van der Waals surface area (Å²) in [4.78, 5) is 14.3. The van der Waals surface area contributed by atoms with E-state index in [2.05, 4.69) is 53.9 Å². The molecule has 30 heavy (non-hydrogen) atoms. The Morgan fingerprint density at radius 2 is 1.97 bits per heavy atom. The lowest BCUT2D eigenvalue weighted by Gasteiger charge is -2.07. The molecule has 0 saturated carbocycles. The van der Waals surface area contributed by atoms with E-state index in [-0.39, 0.29) is 0 Å². The van der Waals surface area contributed by atoms with Crippen molar-refractivity contribution in [3.8, 4) is 0 Å². The van der Waals surface area contributed by atoms with E-state index in [0.717, 1.165) is 53.8 Å². The largest absolute Gasteiger partial charge is 0.331 e. The lowest BCUT2D eigenvalue weighted by Crippen LogP contribution is -2.02. The van der Waals surface area contributed by atoms with Crippen LogP contribution in [0.25, 0.3) is 28.1 Å². The van der Waals surface area contributed by atoms with Gasteiger partial charge in [-0.25, -0.2) is 9.97 Å². The minimum Gasteiger partial charge on any atom is -0.331 e. The van der Waals surface area contributed by atoms with Crippen molar-refractivity contribution >= 4 is 39.7 Å². The second kappa shape index (κ2) is 7.69. The molecule has 0 spiro atoms. The first kappa shape index (κ1) is 19.0. The summed E-state index contributed by atoms with van der Waals surface area (Å²) in [5.74, 6) is 1.06. The molecule has 0 fully saturated rings. The number of allylic oxidation sites excluding steroid dienone is 3. The van der Waals surface area contributed by atoms with Crippen molar-refractivity contribution in [3.05, 3.63) is 81.9 Å². The zero-order valence-electron chi connectivity index (χ0n) is 17.2. The standard InChI is InChI=1S/C25H23ClN4/c1-3-16-6-4-7-19-17(14-16)10-12-22-24(19)29-23(30(22)2)13-11-18-15-27-21-9-5-8-20(26)25(21)28-18/h4-10,12,15H,3,11,13-14H2,1-2H3. The van der Waals surface area contributed by atoms with Crippen molar-refractivity contribution in [2.75, 3.05) is 0 Å². The molecule has 0 saturated heterocycles. The molecular weight excluding hydrogens is 392 g/mol. The van der Waals surface area contributed by atoms with Crippen molar-refractivity contribution < 1.29 is 0 Å². The van der Waals surface area contributed by atoms with Crippen molar-refractivity contribution in [2.24, 2.45) is 7.05 Å². The summed E-state index contributed by atoms with van der Waals surface area (Å²) in [6.07, 6.45) is 12.1. The van der Waals surface area contributed by atoms with E-state index in [1.807, 2.05) is 24.4 Å². The number of imidazole rings is 1. The number of halogens is 1. The van der Waals surface area contributed by atoms with E-state index in [1.54, 1.807) is 0 Å². The van der Waals surface area contributed by atoms with Crippen molar-refractivity contribution in [1.29, 1.82) is 0 Å². The Labute approximate surface area is 180 Å². The molecule has 0 amide bonds. The third kappa shape index (κ3) is 3.31. The van der Waals surface area contributed by atoms with E-state index in [1.165, 1.54) is 22.2 Å². The summed E-state index contributed by atoms with van der Waals surface area (Å²) in [7, 11) is 2.09. The number of hydrogen-bond acceptors (Lipinski definition) is 3. The van der Waals surface area contributed by atoms with E-state index in [9.17, 15) is 0 Å². The molecule has 0 aliphatic heterocycles. The number of nitrogens with zero attached hydrogens (tertiary/aromatic N) is 4. The molecular formula is C25H23ClN4. The second-order valence-electron chi connectivity index (χ2n) is 7.78. The highest BCUT2D eigenvalue weighted by Crippen LogP contribution is 2.29. The predicted molar refractivity (Wildman–Crippen MR) is 124 cm³/mol. The topological polar surface area (TPSA) is 43.6 Å². The molecule has 2 aromatic heterocycles. The Morgan fingerprint density at radius 1 is 1.07 bits per heavy atom. The Bertz CT molecular complexity index is 1330. The summed E-state index contributed by atoms with van der Waals surface area (Å²) >= 11 is 6.30. The summed E-state index contributed by atoms with van der Waals surface area (Å²) in [6, 6.07) is 10.1. The fourth-order valence-corrected chi connectivity index (χ4v) is 4.37. The molecule has 1 aliphatic carbocycles. The molecule has 2 aromatic carbocycles.